The zero-order valence-corrected chi connectivity index (χ0v) is 20.2. The van der Waals surface area contributed by atoms with Gasteiger partial charge in [0.15, 0.2) is 5.13 Å². The molecule has 1 aliphatic heterocycles. The molecule has 3 aromatic rings. The van der Waals surface area contributed by atoms with Gasteiger partial charge in [0.1, 0.15) is 5.41 Å². The number of hydrogen-bond acceptors (Lipinski definition) is 9. The summed E-state index contributed by atoms with van der Waals surface area (Å²) in [6.45, 7) is 3.70. The molecule has 2 aromatic heterocycles. The van der Waals surface area contributed by atoms with Gasteiger partial charge in [-0.2, -0.15) is 0 Å². The fraction of sp³-hybridized carbons (Fsp3) is 0.280. The van der Waals surface area contributed by atoms with Gasteiger partial charge in [-0.1, -0.05) is 30.3 Å². The van der Waals surface area contributed by atoms with E-state index in [9.17, 15) is 9.59 Å². The van der Waals surface area contributed by atoms with E-state index in [-0.39, 0.29) is 0 Å². The fourth-order valence-corrected chi connectivity index (χ4v) is 5.36. The minimum Gasteiger partial charge on any atom is -0.468 e. The lowest BCUT2D eigenvalue weighted by Gasteiger charge is -2.47. The average molecular weight is 479 g/mol. The molecule has 3 unspecified atom stereocenters. The largest absolute Gasteiger partial charge is 0.468 e. The van der Waals surface area contributed by atoms with Crippen LogP contribution in [0.2, 0.25) is 0 Å². The van der Waals surface area contributed by atoms with Crippen LogP contribution in [0.1, 0.15) is 19.4 Å². The van der Waals surface area contributed by atoms with Crippen LogP contribution < -0.4 is 10.6 Å². The summed E-state index contributed by atoms with van der Waals surface area (Å²) in [7, 11) is 2.68. The van der Waals surface area contributed by atoms with Crippen LogP contribution in [-0.4, -0.2) is 48.2 Å². The van der Waals surface area contributed by atoms with Crippen LogP contribution >= 0.6 is 11.3 Å². The molecule has 1 aromatic carbocycles. The third-order valence-electron chi connectivity index (χ3n) is 6.19. The lowest BCUT2D eigenvalue weighted by Crippen LogP contribution is -2.65. The fourth-order valence-electron chi connectivity index (χ4n) is 4.61. The predicted octanol–water partition coefficient (Wildman–Crippen LogP) is 3.54. The van der Waals surface area contributed by atoms with Crippen LogP contribution in [0.15, 0.2) is 71.5 Å². The summed E-state index contributed by atoms with van der Waals surface area (Å²) < 4.78 is 10.5. The molecule has 4 rings (SSSR count). The molecular formula is C25H26N4O4S. The van der Waals surface area contributed by atoms with E-state index in [4.69, 9.17) is 14.5 Å². The number of methoxy groups -OCH3 is 2. The molecule has 0 amide bonds. The standard InChI is InChI=1S/C25H26N4O4S/c1-15-20(22(30)32-3)21(29-24-28-19(14-34-24)17-10-12-26-13-11-17)25(16(2)27-15,23(31)33-4)18-8-6-5-7-9-18/h5-14,16,21,27H,1-4H3,(H,28,29). The van der Waals surface area contributed by atoms with Gasteiger partial charge in [-0.25, -0.2) is 9.78 Å². The molecule has 0 fully saturated rings. The number of nitrogens with zero attached hydrogens (tertiary/aromatic N) is 2. The van der Waals surface area contributed by atoms with Crippen molar-refractivity contribution in [3.05, 3.63) is 77.1 Å². The van der Waals surface area contributed by atoms with Gasteiger partial charge < -0.3 is 20.1 Å². The van der Waals surface area contributed by atoms with Crippen molar-refractivity contribution in [2.24, 2.45) is 0 Å². The molecule has 3 atom stereocenters. The maximum atomic E-state index is 13.6. The van der Waals surface area contributed by atoms with E-state index in [1.807, 2.05) is 54.8 Å². The number of aromatic nitrogens is 2. The van der Waals surface area contributed by atoms with Gasteiger partial charge in [-0.3, -0.25) is 9.78 Å². The Balaban J connectivity index is 1.89. The third-order valence-corrected chi connectivity index (χ3v) is 6.97. The maximum Gasteiger partial charge on any atom is 0.337 e. The van der Waals surface area contributed by atoms with E-state index in [1.165, 1.54) is 25.6 Å². The number of rotatable bonds is 6. The van der Waals surface area contributed by atoms with Gasteiger partial charge >= 0.3 is 11.9 Å². The van der Waals surface area contributed by atoms with E-state index in [2.05, 4.69) is 15.6 Å². The molecule has 3 heterocycles. The Kier molecular flexibility index (Phi) is 6.65. The highest BCUT2D eigenvalue weighted by molar-refractivity contribution is 7.14. The second-order valence-electron chi connectivity index (χ2n) is 7.97. The Bertz CT molecular complexity index is 1210. The van der Waals surface area contributed by atoms with Gasteiger partial charge in [0.2, 0.25) is 0 Å². The summed E-state index contributed by atoms with van der Waals surface area (Å²) in [5, 5.41) is 9.18. The summed E-state index contributed by atoms with van der Waals surface area (Å²) in [6.07, 6.45) is 3.41. The van der Waals surface area contributed by atoms with Crippen molar-refractivity contribution in [1.29, 1.82) is 0 Å². The first kappa shape index (κ1) is 23.4. The molecular weight excluding hydrogens is 452 g/mol. The van der Waals surface area contributed by atoms with Crippen LogP contribution in [0, 0.1) is 0 Å². The van der Waals surface area contributed by atoms with Crippen molar-refractivity contribution in [3.63, 3.8) is 0 Å². The van der Waals surface area contributed by atoms with Crippen LogP contribution in [-0.2, 0) is 24.5 Å². The molecule has 2 N–H and O–H groups in total. The van der Waals surface area contributed by atoms with Crippen molar-refractivity contribution in [1.82, 2.24) is 15.3 Å². The molecule has 0 bridgehead atoms. The first-order chi connectivity index (χ1) is 16.4. The zero-order valence-electron chi connectivity index (χ0n) is 19.4. The number of anilines is 1. The summed E-state index contributed by atoms with van der Waals surface area (Å²) in [6, 6.07) is 11.9. The number of esters is 2. The Labute approximate surface area is 202 Å². The molecule has 0 aliphatic carbocycles. The molecule has 0 radical (unpaired) electrons. The Morgan fingerprint density at radius 3 is 2.44 bits per heavy atom. The molecule has 176 valence electrons. The smallest absolute Gasteiger partial charge is 0.337 e. The highest BCUT2D eigenvalue weighted by Crippen LogP contribution is 2.43. The van der Waals surface area contributed by atoms with Gasteiger partial charge in [0.25, 0.3) is 0 Å². The maximum absolute atomic E-state index is 13.6. The average Bonchev–Trinajstić information content (AvgIpc) is 3.33. The summed E-state index contributed by atoms with van der Waals surface area (Å²) in [5.74, 6) is -1.01. The molecule has 0 saturated heterocycles. The minimum atomic E-state index is -1.28. The summed E-state index contributed by atoms with van der Waals surface area (Å²) >= 11 is 1.39. The first-order valence-corrected chi connectivity index (χ1v) is 11.6. The molecule has 9 heteroatoms. The van der Waals surface area contributed by atoms with Crippen LogP contribution in [0.3, 0.4) is 0 Å². The molecule has 0 spiro atoms. The third kappa shape index (κ3) is 3.92. The number of ether oxygens (including phenoxy) is 2. The topological polar surface area (TPSA) is 102 Å². The van der Waals surface area contributed by atoms with Gasteiger partial charge in [0.05, 0.1) is 31.5 Å². The number of allylic oxidation sites excluding steroid dienone is 1. The predicted molar refractivity (Wildman–Crippen MR) is 130 cm³/mol. The van der Waals surface area contributed by atoms with Crippen molar-refractivity contribution in [2.45, 2.75) is 31.3 Å². The Morgan fingerprint density at radius 1 is 1.09 bits per heavy atom. The number of nitrogens with one attached hydrogen (secondary N) is 2. The highest BCUT2D eigenvalue weighted by atomic mass is 32.1. The number of hydrogen-bond donors (Lipinski definition) is 2. The second-order valence-corrected chi connectivity index (χ2v) is 8.83. The lowest BCUT2D eigenvalue weighted by molar-refractivity contribution is -0.149. The SMILES string of the molecule is COC(=O)C1=C(C)NC(C)C(C(=O)OC)(c2ccccc2)C1Nc1nc(-c2ccncc2)cs1. The number of benzene rings is 1. The Hall–Kier alpha value is -3.72. The van der Waals surface area contributed by atoms with Crippen molar-refractivity contribution < 1.29 is 19.1 Å². The van der Waals surface area contributed by atoms with Crippen LogP contribution in [0.25, 0.3) is 11.3 Å². The van der Waals surface area contributed by atoms with Crippen LogP contribution in [0.4, 0.5) is 5.13 Å². The normalized spacial score (nSPS) is 22.0. The van der Waals surface area contributed by atoms with Gasteiger partial charge in [-0.15, -0.1) is 11.3 Å². The van der Waals surface area contributed by atoms with E-state index in [0.29, 0.717) is 22.0 Å². The van der Waals surface area contributed by atoms with Crippen LogP contribution in [0.5, 0.6) is 0 Å². The summed E-state index contributed by atoms with van der Waals surface area (Å²) in [5.41, 5.74) is 2.05. The lowest BCUT2D eigenvalue weighted by atomic mass is 9.64. The van der Waals surface area contributed by atoms with E-state index < -0.39 is 29.4 Å². The van der Waals surface area contributed by atoms with E-state index >= 15 is 0 Å². The highest BCUT2D eigenvalue weighted by Gasteiger charge is 2.58. The number of thiazole rings is 1. The monoisotopic (exact) mass is 478 g/mol. The van der Waals surface area contributed by atoms with E-state index in [1.54, 1.807) is 19.3 Å². The molecule has 1 aliphatic rings. The van der Waals surface area contributed by atoms with Gasteiger partial charge in [-0.05, 0) is 31.5 Å². The zero-order chi connectivity index (χ0) is 24.3. The second kappa shape index (κ2) is 9.64. The van der Waals surface area contributed by atoms with Crippen molar-refractivity contribution >= 4 is 28.4 Å². The quantitative estimate of drug-likeness (QED) is 0.519. The molecule has 8 nitrogen and oxygen atoms in total. The summed E-state index contributed by atoms with van der Waals surface area (Å²) in [4.78, 5) is 35.4. The number of carbonyl (C=O) groups excluding carboxylic acids is 2. The number of carbonyl (C=O) groups is 2. The molecule has 34 heavy (non-hydrogen) atoms. The first-order valence-electron chi connectivity index (χ1n) is 10.8. The Morgan fingerprint density at radius 2 is 1.79 bits per heavy atom. The number of pyridine rings is 1. The van der Waals surface area contributed by atoms with Crippen molar-refractivity contribution in [2.75, 3.05) is 19.5 Å². The minimum absolute atomic E-state index is 0.315. The molecule has 0 saturated carbocycles. The van der Waals surface area contributed by atoms with Crippen molar-refractivity contribution in [3.8, 4) is 11.3 Å². The van der Waals surface area contributed by atoms with E-state index in [0.717, 1.165) is 11.3 Å². The van der Waals surface area contributed by atoms with Gasteiger partial charge in [0, 0.05) is 35.1 Å².